The zero-order valence-corrected chi connectivity index (χ0v) is 9.73. The molecule has 0 bridgehead atoms. The van der Waals surface area contributed by atoms with Gasteiger partial charge >= 0.3 is 0 Å². The molecule has 0 fully saturated rings. The van der Waals surface area contributed by atoms with Crippen LogP contribution in [0.5, 0.6) is 0 Å². The van der Waals surface area contributed by atoms with Gasteiger partial charge in [-0.15, -0.1) is 0 Å². The number of amides is 1. The van der Waals surface area contributed by atoms with Crippen molar-refractivity contribution >= 4 is 17.3 Å². The number of hydrogen-bond acceptors (Lipinski definition) is 3. The monoisotopic (exact) mass is 219 g/mol. The Morgan fingerprint density at radius 3 is 2.88 bits per heavy atom. The van der Waals surface area contributed by atoms with E-state index in [2.05, 4.69) is 15.1 Å². The van der Waals surface area contributed by atoms with Crippen molar-refractivity contribution < 1.29 is 4.79 Å². The highest BCUT2D eigenvalue weighted by molar-refractivity contribution is 6.01. The first-order chi connectivity index (χ1) is 7.66. The Balaban J connectivity index is 2.17. The zero-order chi connectivity index (χ0) is 11.5. The van der Waals surface area contributed by atoms with Gasteiger partial charge in [0.2, 0.25) is 5.91 Å². The van der Waals surface area contributed by atoms with E-state index in [1.54, 1.807) is 0 Å². The molecule has 1 aliphatic heterocycles. The lowest BCUT2D eigenvalue weighted by Crippen LogP contribution is -2.41. The number of carbonyl (C=O) groups is 1. The maximum atomic E-state index is 11.5. The van der Waals surface area contributed by atoms with Crippen LogP contribution in [0.15, 0.2) is 24.3 Å². The number of rotatable bonds is 3. The Labute approximate surface area is 95.8 Å². The van der Waals surface area contributed by atoms with Gasteiger partial charge in [-0.1, -0.05) is 12.1 Å². The number of fused-ring (bicyclic) bond motifs is 1. The van der Waals surface area contributed by atoms with Crippen LogP contribution in [-0.2, 0) is 4.79 Å². The summed E-state index contributed by atoms with van der Waals surface area (Å²) in [5.41, 5.74) is 2.03. The molecule has 0 spiro atoms. The summed E-state index contributed by atoms with van der Waals surface area (Å²) in [6.45, 7) is 2.27. The summed E-state index contributed by atoms with van der Waals surface area (Å²) in [5.74, 6) is 0.0671. The van der Waals surface area contributed by atoms with Crippen molar-refractivity contribution in [3.8, 4) is 0 Å². The molecule has 0 radical (unpaired) electrons. The lowest BCUT2D eigenvalue weighted by atomic mass is 10.2. The van der Waals surface area contributed by atoms with Gasteiger partial charge in [-0.3, -0.25) is 4.79 Å². The molecule has 1 aliphatic rings. The summed E-state index contributed by atoms with van der Waals surface area (Å²) in [6, 6.07) is 7.92. The summed E-state index contributed by atoms with van der Waals surface area (Å²) in [5, 5.41) is 2.88. The molecule has 16 heavy (non-hydrogen) atoms. The number of nitrogens with one attached hydrogen (secondary N) is 1. The predicted octanol–water partition coefficient (Wildman–Crippen LogP) is 1.01. The van der Waals surface area contributed by atoms with Crippen LogP contribution in [0.2, 0.25) is 0 Å². The summed E-state index contributed by atoms with van der Waals surface area (Å²) >= 11 is 0. The van der Waals surface area contributed by atoms with Crippen LogP contribution >= 0.6 is 0 Å². The molecule has 4 heteroatoms. The molecule has 0 saturated heterocycles. The van der Waals surface area contributed by atoms with Crippen molar-refractivity contribution in [3.63, 3.8) is 0 Å². The van der Waals surface area contributed by atoms with Crippen LogP contribution in [0.1, 0.15) is 0 Å². The van der Waals surface area contributed by atoms with Gasteiger partial charge in [-0.25, -0.2) is 0 Å². The Kier molecular flexibility index (Phi) is 3.10. The lowest BCUT2D eigenvalue weighted by molar-refractivity contribution is -0.115. The molecule has 0 unspecified atom stereocenters. The van der Waals surface area contributed by atoms with E-state index in [1.807, 2.05) is 38.4 Å². The Morgan fingerprint density at radius 2 is 2.12 bits per heavy atom. The van der Waals surface area contributed by atoms with Gasteiger partial charge in [-0.2, -0.15) is 0 Å². The molecular formula is C12H17N3O. The van der Waals surface area contributed by atoms with Crippen LogP contribution in [-0.4, -0.2) is 44.5 Å². The Bertz CT molecular complexity index is 390. The fraction of sp³-hybridized carbons (Fsp3) is 0.417. The molecule has 4 nitrogen and oxygen atoms in total. The van der Waals surface area contributed by atoms with Gasteiger partial charge in [-0.05, 0) is 26.2 Å². The summed E-state index contributed by atoms with van der Waals surface area (Å²) in [6.07, 6.45) is 0. The van der Waals surface area contributed by atoms with Crippen LogP contribution in [0.3, 0.4) is 0 Å². The molecule has 1 N–H and O–H groups in total. The summed E-state index contributed by atoms with van der Waals surface area (Å²) < 4.78 is 0. The number of benzene rings is 1. The van der Waals surface area contributed by atoms with Crippen LogP contribution in [0, 0.1) is 0 Å². The molecular weight excluding hydrogens is 202 g/mol. The average Bonchev–Trinajstić information content (AvgIpc) is 2.25. The number of nitrogens with zero attached hydrogens (tertiary/aromatic N) is 2. The zero-order valence-electron chi connectivity index (χ0n) is 9.73. The Hall–Kier alpha value is -1.55. The van der Waals surface area contributed by atoms with Gasteiger partial charge in [0.15, 0.2) is 0 Å². The molecule has 1 heterocycles. The minimum absolute atomic E-state index is 0.0671. The van der Waals surface area contributed by atoms with E-state index in [0.29, 0.717) is 6.54 Å². The van der Waals surface area contributed by atoms with Gasteiger partial charge < -0.3 is 15.1 Å². The molecule has 0 saturated carbocycles. The van der Waals surface area contributed by atoms with Gasteiger partial charge in [0.1, 0.15) is 0 Å². The summed E-state index contributed by atoms with van der Waals surface area (Å²) in [7, 11) is 4.08. The lowest BCUT2D eigenvalue weighted by Gasteiger charge is -2.31. The number of hydrogen-bond donors (Lipinski definition) is 1. The molecule has 0 aromatic heterocycles. The SMILES string of the molecule is CN(C)CCN1CC(=O)Nc2ccccc21. The molecule has 0 aliphatic carbocycles. The molecule has 2 rings (SSSR count). The fourth-order valence-electron chi connectivity index (χ4n) is 1.82. The number of para-hydroxylation sites is 2. The highest BCUT2D eigenvalue weighted by Gasteiger charge is 2.20. The highest BCUT2D eigenvalue weighted by Crippen LogP contribution is 2.28. The van der Waals surface area contributed by atoms with E-state index in [9.17, 15) is 4.79 Å². The third-order valence-corrected chi connectivity index (χ3v) is 2.67. The van der Waals surface area contributed by atoms with E-state index in [4.69, 9.17) is 0 Å². The normalized spacial score (nSPS) is 14.9. The van der Waals surface area contributed by atoms with Crippen molar-refractivity contribution in [2.24, 2.45) is 0 Å². The largest absolute Gasteiger partial charge is 0.359 e. The predicted molar refractivity (Wildman–Crippen MR) is 65.8 cm³/mol. The van der Waals surface area contributed by atoms with Crippen molar-refractivity contribution in [1.82, 2.24) is 4.90 Å². The smallest absolute Gasteiger partial charge is 0.243 e. The molecule has 1 amide bonds. The van der Waals surface area contributed by atoms with Crippen molar-refractivity contribution in [1.29, 1.82) is 0 Å². The topological polar surface area (TPSA) is 35.6 Å². The third-order valence-electron chi connectivity index (χ3n) is 2.67. The standard InChI is InChI=1S/C12H17N3O/c1-14(2)7-8-15-9-12(16)13-10-5-3-4-6-11(10)15/h3-6H,7-9H2,1-2H3,(H,13,16). The van der Waals surface area contributed by atoms with Gasteiger partial charge in [0.25, 0.3) is 0 Å². The molecule has 1 aromatic rings. The van der Waals surface area contributed by atoms with E-state index < -0.39 is 0 Å². The van der Waals surface area contributed by atoms with E-state index in [1.165, 1.54) is 0 Å². The first kappa shape index (κ1) is 11.0. The third kappa shape index (κ3) is 2.33. The van der Waals surface area contributed by atoms with Crippen LogP contribution < -0.4 is 10.2 Å². The number of likely N-dealkylation sites (N-methyl/N-ethyl adjacent to an activating group) is 1. The minimum Gasteiger partial charge on any atom is -0.359 e. The van der Waals surface area contributed by atoms with Crippen molar-refractivity contribution in [3.05, 3.63) is 24.3 Å². The maximum Gasteiger partial charge on any atom is 0.243 e. The van der Waals surface area contributed by atoms with Crippen molar-refractivity contribution in [2.75, 3.05) is 43.9 Å². The highest BCUT2D eigenvalue weighted by atomic mass is 16.2. The van der Waals surface area contributed by atoms with Crippen LogP contribution in [0.25, 0.3) is 0 Å². The number of anilines is 2. The molecule has 0 atom stereocenters. The second kappa shape index (κ2) is 4.53. The summed E-state index contributed by atoms with van der Waals surface area (Å²) in [4.78, 5) is 15.8. The first-order valence-corrected chi connectivity index (χ1v) is 5.45. The molecule has 86 valence electrons. The quantitative estimate of drug-likeness (QED) is 0.824. The fourth-order valence-corrected chi connectivity index (χ4v) is 1.82. The van der Waals surface area contributed by atoms with Crippen LogP contribution in [0.4, 0.5) is 11.4 Å². The molecule has 1 aromatic carbocycles. The maximum absolute atomic E-state index is 11.5. The van der Waals surface area contributed by atoms with Gasteiger partial charge in [0.05, 0.1) is 17.9 Å². The minimum atomic E-state index is 0.0671. The van der Waals surface area contributed by atoms with Gasteiger partial charge in [0, 0.05) is 13.1 Å². The second-order valence-electron chi connectivity index (χ2n) is 4.29. The van der Waals surface area contributed by atoms with E-state index in [-0.39, 0.29) is 5.91 Å². The Morgan fingerprint density at radius 1 is 1.38 bits per heavy atom. The average molecular weight is 219 g/mol. The van der Waals surface area contributed by atoms with E-state index in [0.717, 1.165) is 24.5 Å². The second-order valence-corrected chi connectivity index (χ2v) is 4.29. The van der Waals surface area contributed by atoms with Crippen molar-refractivity contribution in [2.45, 2.75) is 0 Å². The number of carbonyl (C=O) groups excluding carboxylic acids is 1. The van der Waals surface area contributed by atoms with E-state index >= 15 is 0 Å². The first-order valence-electron chi connectivity index (χ1n) is 5.45.